The molecule has 0 saturated heterocycles. The highest BCUT2D eigenvalue weighted by atomic mass is 32.2. The van der Waals surface area contributed by atoms with Gasteiger partial charge in [0.2, 0.25) is 0 Å². The van der Waals surface area contributed by atoms with Gasteiger partial charge >= 0.3 is 0 Å². The van der Waals surface area contributed by atoms with Crippen molar-refractivity contribution in [2.75, 3.05) is 0 Å². The van der Waals surface area contributed by atoms with Crippen molar-refractivity contribution in [3.63, 3.8) is 0 Å². The Balaban J connectivity index is 2.64. The van der Waals surface area contributed by atoms with E-state index in [1.54, 1.807) is 6.07 Å². The second-order valence-corrected chi connectivity index (χ2v) is 5.31. The molecule has 0 fully saturated rings. The lowest BCUT2D eigenvalue weighted by molar-refractivity contribution is 0.483. The van der Waals surface area contributed by atoms with Gasteiger partial charge in [-0.1, -0.05) is 6.07 Å². The van der Waals surface area contributed by atoms with Gasteiger partial charge in [-0.3, -0.25) is 4.55 Å². The van der Waals surface area contributed by atoms with Crippen LogP contribution in [0.25, 0.3) is 11.1 Å². The van der Waals surface area contributed by atoms with Crippen LogP contribution in [0.5, 0.6) is 0 Å². The lowest BCUT2D eigenvalue weighted by Gasteiger charge is -2.06. The SMILES string of the molecule is N#Cc1cc(-c2ccc(F)cc2F)ccc1S(=O)(=O)O. The topological polar surface area (TPSA) is 78.2 Å². The molecular weight excluding hydrogens is 288 g/mol. The van der Waals surface area contributed by atoms with Crippen LogP contribution >= 0.6 is 0 Å². The van der Waals surface area contributed by atoms with Crippen LogP contribution in [0.15, 0.2) is 41.3 Å². The number of nitriles is 1. The first kappa shape index (κ1) is 14.1. The third-order valence-corrected chi connectivity index (χ3v) is 3.53. The molecule has 0 aromatic heterocycles. The van der Waals surface area contributed by atoms with Crippen molar-refractivity contribution in [2.24, 2.45) is 0 Å². The Morgan fingerprint density at radius 3 is 2.35 bits per heavy atom. The molecule has 0 radical (unpaired) electrons. The van der Waals surface area contributed by atoms with Crippen LogP contribution in [0.3, 0.4) is 0 Å². The fourth-order valence-corrected chi connectivity index (χ4v) is 2.36. The van der Waals surface area contributed by atoms with E-state index >= 15 is 0 Å². The van der Waals surface area contributed by atoms with E-state index in [-0.39, 0.29) is 16.7 Å². The van der Waals surface area contributed by atoms with Crippen molar-refractivity contribution in [1.29, 1.82) is 5.26 Å². The Hall–Kier alpha value is -2.30. The lowest BCUT2D eigenvalue weighted by atomic mass is 10.0. The number of rotatable bonds is 2. The third kappa shape index (κ3) is 2.66. The van der Waals surface area contributed by atoms with Gasteiger partial charge in [0.1, 0.15) is 22.6 Å². The standard InChI is InChI=1S/C13H7F2NO3S/c14-10-2-3-11(12(15)6-10)8-1-4-13(20(17,18)19)9(5-8)7-16/h1-6H,(H,17,18,19). The van der Waals surface area contributed by atoms with Crippen LogP contribution in [-0.2, 0) is 10.1 Å². The van der Waals surface area contributed by atoms with Gasteiger partial charge < -0.3 is 0 Å². The molecule has 0 atom stereocenters. The smallest absolute Gasteiger partial charge is 0.282 e. The van der Waals surface area contributed by atoms with Gasteiger partial charge in [-0.25, -0.2) is 8.78 Å². The molecule has 20 heavy (non-hydrogen) atoms. The number of hydrogen-bond donors (Lipinski definition) is 1. The third-order valence-electron chi connectivity index (χ3n) is 2.62. The molecule has 0 spiro atoms. The Labute approximate surface area is 113 Å². The molecule has 0 heterocycles. The molecule has 0 unspecified atom stereocenters. The first-order valence-electron chi connectivity index (χ1n) is 5.30. The Kier molecular flexibility index (Phi) is 3.53. The van der Waals surface area contributed by atoms with E-state index in [0.717, 1.165) is 18.2 Å². The highest BCUT2D eigenvalue weighted by Gasteiger charge is 2.17. The monoisotopic (exact) mass is 295 g/mol. The molecule has 0 amide bonds. The van der Waals surface area contributed by atoms with Crippen molar-refractivity contribution >= 4 is 10.1 Å². The predicted octanol–water partition coefficient (Wildman–Crippen LogP) is 2.75. The maximum Gasteiger partial charge on any atom is 0.295 e. The summed E-state index contributed by atoms with van der Waals surface area (Å²) in [7, 11) is -4.54. The Bertz CT molecular complexity index is 826. The second-order valence-electron chi connectivity index (χ2n) is 3.92. The van der Waals surface area contributed by atoms with Crippen LogP contribution in [0.4, 0.5) is 8.78 Å². The van der Waals surface area contributed by atoms with Crippen LogP contribution in [0.2, 0.25) is 0 Å². The van der Waals surface area contributed by atoms with Crippen molar-refractivity contribution in [2.45, 2.75) is 4.90 Å². The summed E-state index contributed by atoms with van der Waals surface area (Å²) in [5.41, 5.74) is -0.107. The van der Waals surface area contributed by atoms with Crippen molar-refractivity contribution in [1.82, 2.24) is 0 Å². The van der Waals surface area contributed by atoms with E-state index in [0.29, 0.717) is 6.07 Å². The molecule has 2 aromatic carbocycles. The van der Waals surface area contributed by atoms with Crippen LogP contribution in [-0.4, -0.2) is 13.0 Å². The number of benzene rings is 2. The second kappa shape index (κ2) is 5.00. The molecule has 0 aliphatic rings. The zero-order valence-corrected chi connectivity index (χ0v) is 10.7. The highest BCUT2D eigenvalue weighted by molar-refractivity contribution is 7.85. The Morgan fingerprint density at radius 2 is 1.80 bits per heavy atom. The van der Waals surface area contributed by atoms with Crippen LogP contribution in [0.1, 0.15) is 5.56 Å². The summed E-state index contributed by atoms with van der Waals surface area (Å²) < 4.78 is 57.5. The summed E-state index contributed by atoms with van der Waals surface area (Å²) in [5, 5.41) is 8.89. The summed E-state index contributed by atoms with van der Waals surface area (Å²) in [6.07, 6.45) is 0. The predicted molar refractivity (Wildman–Crippen MR) is 66.3 cm³/mol. The summed E-state index contributed by atoms with van der Waals surface area (Å²) >= 11 is 0. The molecule has 2 rings (SSSR count). The quantitative estimate of drug-likeness (QED) is 0.864. The summed E-state index contributed by atoms with van der Waals surface area (Å²) in [5.74, 6) is -1.59. The molecule has 0 bridgehead atoms. The minimum absolute atomic E-state index is 0.0183. The van der Waals surface area contributed by atoms with Gasteiger partial charge in [-0.15, -0.1) is 0 Å². The molecule has 102 valence electrons. The van der Waals surface area contributed by atoms with Gasteiger partial charge in [-0.2, -0.15) is 13.7 Å². The molecule has 4 nitrogen and oxygen atoms in total. The fourth-order valence-electron chi connectivity index (χ4n) is 1.73. The molecule has 7 heteroatoms. The summed E-state index contributed by atoms with van der Waals surface area (Å²) in [6, 6.07) is 7.83. The van der Waals surface area contributed by atoms with E-state index in [9.17, 15) is 17.2 Å². The average Bonchev–Trinajstić information content (AvgIpc) is 2.37. The van der Waals surface area contributed by atoms with Crippen molar-refractivity contribution in [3.8, 4) is 17.2 Å². The largest absolute Gasteiger partial charge is 0.295 e. The molecule has 1 N–H and O–H groups in total. The van der Waals surface area contributed by atoms with E-state index in [4.69, 9.17) is 9.81 Å². The van der Waals surface area contributed by atoms with Crippen molar-refractivity contribution in [3.05, 3.63) is 53.6 Å². The van der Waals surface area contributed by atoms with E-state index < -0.39 is 26.6 Å². The van der Waals surface area contributed by atoms with E-state index in [1.165, 1.54) is 12.1 Å². The highest BCUT2D eigenvalue weighted by Crippen LogP contribution is 2.27. The number of nitrogens with zero attached hydrogens (tertiary/aromatic N) is 1. The van der Waals surface area contributed by atoms with Gasteiger partial charge in [0.15, 0.2) is 0 Å². The molecule has 2 aromatic rings. The summed E-state index contributed by atoms with van der Waals surface area (Å²) in [4.78, 5) is -0.564. The number of hydrogen-bond acceptors (Lipinski definition) is 3. The summed E-state index contributed by atoms with van der Waals surface area (Å²) in [6.45, 7) is 0. The first-order valence-corrected chi connectivity index (χ1v) is 6.74. The first-order chi connectivity index (χ1) is 9.32. The normalized spacial score (nSPS) is 11.1. The minimum atomic E-state index is -4.54. The Morgan fingerprint density at radius 1 is 1.10 bits per heavy atom. The zero-order chi connectivity index (χ0) is 14.9. The molecule has 0 aliphatic carbocycles. The van der Waals surface area contributed by atoms with Crippen LogP contribution in [0, 0.1) is 23.0 Å². The zero-order valence-electron chi connectivity index (χ0n) is 9.84. The van der Waals surface area contributed by atoms with E-state index in [2.05, 4.69) is 0 Å². The van der Waals surface area contributed by atoms with Gasteiger partial charge in [0, 0.05) is 11.6 Å². The minimum Gasteiger partial charge on any atom is -0.282 e. The fraction of sp³-hybridized carbons (Fsp3) is 0. The van der Waals surface area contributed by atoms with Gasteiger partial charge in [-0.05, 0) is 29.8 Å². The molecule has 0 aliphatic heterocycles. The van der Waals surface area contributed by atoms with Crippen LogP contribution < -0.4 is 0 Å². The number of halogens is 2. The molecule has 0 saturated carbocycles. The van der Waals surface area contributed by atoms with Crippen molar-refractivity contribution < 1.29 is 21.8 Å². The maximum absolute atomic E-state index is 13.6. The molecular formula is C13H7F2NO3S. The van der Waals surface area contributed by atoms with Gasteiger partial charge in [0.05, 0.1) is 5.56 Å². The van der Waals surface area contributed by atoms with E-state index in [1.807, 2.05) is 0 Å². The lowest BCUT2D eigenvalue weighted by Crippen LogP contribution is -2.01. The average molecular weight is 295 g/mol. The van der Waals surface area contributed by atoms with Gasteiger partial charge in [0.25, 0.3) is 10.1 Å². The maximum atomic E-state index is 13.6.